The highest BCUT2D eigenvalue weighted by atomic mass is 15.0. The van der Waals surface area contributed by atoms with E-state index < -0.39 is 0 Å². The molecule has 0 bridgehead atoms. The third-order valence-electron chi connectivity index (χ3n) is 3.96. The Balaban J connectivity index is 1.86. The molecule has 94 valence electrons. The van der Waals surface area contributed by atoms with Gasteiger partial charge in [-0.2, -0.15) is 0 Å². The van der Waals surface area contributed by atoms with Crippen LogP contribution in [-0.2, 0) is 0 Å². The van der Waals surface area contributed by atoms with E-state index in [0.29, 0.717) is 17.5 Å². The molecule has 1 aliphatic rings. The van der Waals surface area contributed by atoms with Crippen LogP contribution in [0.3, 0.4) is 0 Å². The average molecular weight is 232 g/mol. The van der Waals surface area contributed by atoms with Crippen molar-refractivity contribution in [3.63, 3.8) is 0 Å². The molecule has 2 nitrogen and oxygen atoms in total. The predicted molar refractivity (Wildman–Crippen MR) is 71.8 cm³/mol. The Bertz CT molecular complexity index is 335. The number of hydrogen-bond donors (Lipinski definition) is 1. The normalized spacial score (nSPS) is 22.3. The molecule has 0 saturated heterocycles. The number of nitrogens with one attached hydrogen (secondary N) is 1. The monoisotopic (exact) mass is 232 g/mol. The maximum Gasteiger partial charge on any atom is 0.0570 e. The maximum absolute atomic E-state index is 4.41. The summed E-state index contributed by atoms with van der Waals surface area (Å²) in [5.74, 6) is 0. The number of nitrogens with zero attached hydrogens (tertiary/aromatic N) is 1. The van der Waals surface area contributed by atoms with Crippen LogP contribution in [0.2, 0.25) is 0 Å². The van der Waals surface area contributed by atoms with Gasteiger partial charge in [0.1, 0.15) is 0 Å². The molecule has 1 atom stereocenters. The van der Waals surface area contributed by atoms with E-state index in [0.717, 1.165) is 5.69 Å². The summed E-state index contributed by atoms with van der Waals surface area (Å²) in [6.45, 7) is 6.97. The minimum atomic E-state index is 0.363. The maximum atomic E-state index is 4.41. The highest BCUT2D eigenvalue weighted by molar-refractivity contribution is 5.08. The molecule has 0 spiro atoms. The van der Waals surface area contributed by atoms with Gasteiger partial charge in [0.25, 0.3) is 0 Å². The molecule has 17 heavy (non-hydrogen) atoms. The van der Waals surface area contributed by atoms with Crippen molar-refractivity contribution in [1.29, 1.82) is 0 Å². The zero-order valence-electron chi connectivity index (χ0n) is 11.2. The third kappa shape index (κ3) is 3.53. The molecule has 0 radical (unpaired) electrons. The van der Waals surface area contributed by atoms with Crippen molar-refractivity contribution in [2.75, 3.05) is 0 Å². The van der Waals surface area contributed by atoms with Gasteiger partial charge in [-0.3, -0.25) is 4.98 Å². The van der Waals surface area contributed by atoms with Gasteiger partial charge in [-0.1, -0.05) is 19.9 Å². The second-order valence-corrected chi connectivity index (χ2v) is 6.08. The smallest absolute Gasteiger partial charge is 0.0570 e. The molecular formula is C15H24N2. The molecule has 1 aromatic heterocycles. The Morgan fingerprint density at radius 3 is 2.59 bits per heavy atom. The van der Waals surface area contributed by atoms with Gasteiger partial charge >= 0.3 is 0 Å². The van der Waals surface area contributed by atoms with Crippen molar-refractivity contribution in [2.24, 2.45) is 5.41 Å². The van der Waals surface area contributed by atoms with Gasteiger partial charge in [0, 0.05) is 18.3 Å². The first kappa shape index (κ1) is 12.6. The molecule has 0 aliphatic heterocycles. The quantitative estimate of drug-likeness (QED) is 0.859. The molecule has 1 aromatic rings. The summed E-state index contributed by atoms with van der Waals surface area (Å²) in [6, 6.07) is 7.16. The Morgan fingerprint density at radius 2 is 2.00 bits per heavy atom. The number of rotatable bonds is 3. The average Bonchev–Trinajstić information content (AvgIpc) is 2.33. The first-order chi connectivity index (χ1) is 8.07. The molecule has 1 N–H and O–H groups in total. The lowest BCUT2D eigenvalue weighted by Crippen LogP contribution is -2.37. The van der Waals surface area contributed by atoms with Crippen LogP contribution in [0.5, 0.6) is 0 Å². The van der Waals surface area contributed by atoms with Crippen molar-refractivity contribution < 1.29 is 0 Å². The molecule has 1 saturated carbocycles. The SMILES string of the molecule is C[C@@H](NC1CCC(C)(C)CC1)c1ccccn1. The summed E-state index contributed by atoms with van der Waals surface area (Å²) >= 11 is 0. The number of aromatic nitrogens is 1. The molecule has 2 heteroatoms. The minimum Gasteiger partial charge on any atom is -0.306 e. The second-order valence-electron chi connectivity index (χ2n) is 6.08. The Labute approximate surface area is 105 Å². The van der Waals surface area contributed by atoms with Gasteiger partial charge < -0.3 is 5.32 Å². The summed E-state index contributed by atoms with van der Waals surface area (Å²) in [7, 11) is 0. The van der Waals surface area contributed by atoms with E-state index in [1.807, 2.05) is 12.3 Å². The van der Waals surface area contributed by atoms with Crippen LogP contribution in [0.25, 0.3) is 0 Å². The second kappa shape index (κ2) is 5.18. The van der Waals surface area contributed by atoms with Gasteiger partial charge in [-0.25, -0.2) is 0 Å². The molecule has 0 amide bonds. The van der Waals surface area contributed by atoms with Crippen LogP contribution in [0, 0.1) is 5.41 Å². The summed E-state index contributed by atoms with van der Waals surface area (Å²) in [6.07, 6.45) is 7.13. The van der Waals surface area contributed by atoms with Gasteiger partial charge in [0.15, 0.2) is 0 Å². The molecule has 0 aromatic carbocycles. The fraction of sp³-hybridized carbons (Fsp3) is 0.667. The van der Waals surface area contributed by atoms with E-state index in [-0.39, 0.29) is 0 Å². The van der Waals surface area contributed by atoms with Crippen molar-refractivity contribution >= 4 is 0 Å². The fourth-order valence-electron chi connectivity index (χ4n) is 2.64. The molecule has 1 fully saturated rings. The lowest BCUT2D eigenvalue weighted by atomic mass is 9.75. The van der Waals surface area contributed by atoms with Crippen molar-refractivity contribution in [2.45, 2.75) is 58.5 Å². The summed E-state index contributed by atoms with van der Waals surface area (Å²) < 4.78 is 0. The fourth-order valence-corrected chi connectivity index (χ4v) is 2.64. The van der Waals surface area contributed by atoms with Crippen LogP contribution in [0.1, 0.15) is 58.2 Å². The lowest BCUT2D eigenvalue weighted by Gasteiger charge is -2.35. The van der Waals surface area contributed by atoms with Crippen LogP contribution in [-0.4, -0.2) is 11.0 Å². The Kier molecular flexibility index (Phi) is 3.82. The zero-order chi connectivity index (χ0) is 12.3. The molecule has 2 rings (SSSR count). The predicted octanol–water partition coefficient (Wildman–Crippen LogP) is 3.70. The largest absolute Gasteiger partial charge is 0.306 e. The van der Waals surface area contributed by atoms with Gasteiger partial charge in [0.05, 0.1) is 5.69 Å². The van der Waals surface area contributed by atoms with E-state index >= 15 is 0 Å². The summed E-state index contributed by atoms with van der Waals surface area (Å²) in [5, 5.41) is 3.71. The molecule has 1 heterocycles. The first-order valence-electron chi connectivity index (χ1n) is 6.74. The van der Waals surface area contributed by atoms with Gasteiger partial charge in [-0.05, 0) is 50.2 Å². The molecule has 1 aliphatic carbocycles. The van der Waals surface area contributed by atoms with Crippen molar-refractivity contribution in [1.82, 2.24) is 10.3 Å². The topological polar surface area (TPSA) is 24.9 Å². The molecule has 0 unspecified atom stereocenters. The van der Waals surface area contributed by atoms with E-state index in [2.05, 4.69) is 43.2 Å². The van der Waals surface area contributed by atoms with Crippen LogP contribution in [0.15, 0.2) is 24.4 Å². The minimum absolute atomic E-state index is 0.363. The number of pyridine rings is 1. The first-order valence-corrected chi connectivity index (χ1v) is 6.74. The van der Waals surface area contributed by atoms with Gasteiger partial charge in [-0.15, -0.1) is 0 Å². The van der Waals surface area contributed by atoms with Crippen molar-refractivity contribution in [3.8, 4) is 0 Å². The van der Waals surface area contributed by atoms with E-state index in [9.17, 15) is 0 Å². The zero-order valence-corrected chi connectivity index (χ0v) is 11.2. The van der Waals surface area contributed by atoms with Crippen molar-refractivity contribution in [3.05, 3.63) is 30.1 Å². The summed E-state index contributed by atoms with van der Waals surface area (Å²) in [5.41, 5.74) is 1.70. The Morgan fingerprint density at radius 1 is 1.29 bits per heavy atom. The Hall–Kier alpha value is -0.890. The highest BCUT2D eigenvalue weighted by Crippen LogP contribution is 2.35. The standard InChI is InChI=1S/C15H24N2/c1-12(14-6-4-5-11-16-14)17-13-7-9-15(2,3)10-8-13/h4-6,11-13,17H,7-10H2,1-3H3/t12-/m1/s1. The van der Waals surface area contributed by atoms with E-state index in [4.69, 9.17) is 0 Å². The van der Waals surface area contributed by atoms with E-state index in [1.54, 1.807) is 0 Å². The summed E-state index contributed by atoms with van der Waals surface area (Å²) in [4.78, 5) is 4.41. The third-order valence-corrected chi connectivity index (χ3v) is 3.96. The lowest BCUT2D eigenvalue weighted by molar-refractivity contribution is 0.199. The van der Waals surface area contributed by atoms with Crippen LogP contribution >= 0.6 is 0 Å². The van der Waals surface area contributed by atoms with Crippen LogP contribution < -0.4 is 5.32 Å². The van der Waals surface area contributed by atoms with Crippen LogP contribution in [0.4, 0.5) is 0 Å². The highest BCUT2D eigenvalue weighted by Gasteiger charge is 2.27. The van der Waals surface area contributed by atoms with E-state index in [1.165, 1.54) is 25.7 Å². The number of hydrogen-bond acceptors (Lipinski definition) is 2. The molecular weight excluding hydrogens is 208 g/mol. The van der Waals surface area contributed by atoms with Gasteiger partial charge in [0.2, 0.25) is 0 Å².